The van der Waals surface area contributed by atoms with Gasteiger partial charge < -0.3 is 19.4 Å². The topological polar surface area (TPSA) is 42.5 Å². The van der Waals surface area contributed by atoms with Gasteiger partial charge in [-0.25, -0.2) is 0 Å². The molecule has 0 saturated carbocycles. The fourth-order valence-electron chi connectivity index (χ4n) is 9.97. The third-order valence-electron chi connectivity index (χ3n) is 14.6. The summed E-state index contributed by atoms with van der Waals surface area (Å²) in [5, 5.41) is 0. The maximum absolute atomic E-state index is 14.0. The number of allylic oxidation sites excluding steroid dienone is 3. The number of piperazine rings is 1. The van der Waals surface area contributed by atoms with Crippen molar-refractivity contribution >= 4 is 5.91 Å². The Morgan fingerprint density at radius 3 is 1.34 bits per heavy atom. The van der Waals surface area contributed by atoms with Gasteiger partial charge in [-0.05, 0) is 103 Å². The normalized spacial score (nSPS) is 14.3. The molecule has 0 aromatic heterocycles. The Balaban J connectivity index is 0.0000449. The molecule has 1 amide bonds. The molecule has 1 atom stereocenters. The fraction of sp³-hybridized carbons (Fsp3) is 0.918. The van der Waals surface area contributed by atoms with Gasteiger partial charge in [0.2, 0.25) is 5.91 Å². The highest BCUT2D eigenvalue weighted by Gasteiger charge is 2.24. The number of hydrogen-bond donors (Lipinski definition) is 0. The molecular weight excluding hydrogens is 835 g/mol. The summed E-state index contributed by atoms with van der Waals surface area (Å²) >= 11 is 0. The third kappa shape index (κ3) is 40.2. The summed E-state index contributed by atoms with van der Waals surface area (Å²) in [6, 6.07) is 0. The number of amides is 1. The van der Waals surface area contributed by atoms with Crippen LogP contribution in [0.4, 0.5) is 0 Å². The van der Waals surface area contributed by atoms with E-state index < -0.39 is 0 Å². The molecule has 1 unspecified atom stereocenters. The number of carbonyl (C=O) groups is 1. The van der Waals surface area contributed by atoms with Crippen molar-refractivity contribution < 1.29 is 9.53 Å². The standard InChI is InChI=1S/C60H119N5O2.CH4/c1-8-14-19-23-27-31-35-43-61(47-40-41-59(13-6)67-55-39-18-12-5)48-42-58(7)56-64-51-53-65(54-52-64)60(66)57-63(46-38-34-30-26-22-17-11-4)50-49-62(44-36-32-28-24-20-15-9-2)45-37-33-29-25-21-16-10-3;/h13,18,39,58H,8-12,14-17,19-38,40-57H2,1-7H3;1H4/b39-18-,59-13+;. The summed E-state index contributed by atoms with van der Waals surface area (Å²) in [5.41, 5.74) is 0. The van der Waals surface area contributed by atoms with E-state index >= 15 is 0 Å². The third-order valence-corrected chi connectivity index (χ3v) is 14.6. The van der Waals surface area contributed by atoms with Crippen molar-refractivity contribution in [3.8, 4) is 0 Å². The molecule has 1 heterocycles. The molecule has 0 aromatic carbocycles. The van der Waals surface area contributed by atoms with Crippen LogP contribution >= 0.6 is 0 Å². The predicted molar refractivity (Wildman–Crippen MR) is 303 cm³/mol. The zero-order valence-corrected chi connectivity index (χ0v) is 46.6. The largest absolute Gasteiger partial charge is 0.494 e. The summed E-state index contributed by atoms with van der Waals surface area (Å²) in [4.78, 5) is 27.0. The second kappa shape index (κ2) is 50.5. The maximum Gasteiger partial charge on any atom is 0.236 e. The number of hydrogen-bond acceptors (Lipinski definition) is 6. The van der Waals surface area contributed by atoms with E-state index in [2.05, 4.69) is 91.2 Å². The van der Waals surface area contributed by atoms with Gasteiger partial charge in [0.05, 0.1) is 12.3 Å². The lowest BCUT2D eigenvalue weighted by molar-refractivity contribution is -0.134. The SMILES string of the molecule is C.C/C=C(\CCCN(CCCCCCCCC)CCC(C)CN1CCN(C(=O)CN(CCCCCCCCC)CCN(CCCCCCCCC)CCCCCCCCC)CC1)OC/C=C\CC. The molecule has 68 heavy (non-hydrogen) atoms. The smallest absolute Gasteiger partial charge is 0.236 e. The van der Waals surface area contributed by atoms with Crippen LogP contribution in [0.1, 0.15) is 261 Å². The van der Waals surface area contributed by atoms with Crippen LogP contribution in [-0.2, 0) is 9.53 Å². The molecule has 1 aliphatic rings. The Hall–Kier alpha value is -1.41. The molecular formula is C61H123N5O2. The Kier molecular flexibility index (Phi) is 49.5. The van der Waals surface area contributed by atoms with Crippen LogP contribution in [0.5, 0.6) is 0 Å². The van der Waals surface area contributed by atoms with E-state index in [9.17, 15) is 4.79 Å². The summed E-state index contributed by atoms with van der Waals surface area (Å²) in [7, 11) is 0. The van der Waals surface area contributed by atoms with Crippen LogP contribution in [0, 0.1) is 5.92 Å². The number of ether oxygens (including phenoxy) is 1. The van der Waals surface area contributed by atoms with E-state index in [1.165, 1.54) is 212 Å². The summed E-state index contributed by atoms with van der Waals surface area (Å²) in [6.07, 6.45) is 49.0. The van der Waals surface area contributed by atoms with Crippen molar-refractivity contribution in [1.29, 1.82) is 0 Å². The quantitative estimate of drug-likeness (QED) is 0.0344. The molecule has 1 saturated heterocycles. The van der Waals surface area contributed by atoms with E-state index in [4.69, 9.17) is 4.74 Å². The van der Waals surface area contributed by atoms with Gasteiger partial charge in [-0.3, -0.25) is 14.6 Å². The zero-order chi connectivity index (χ0) is 48.7. The first-order valence-corrected chi connectivity index (χ1v) is 30.0. The molecule has 1 fully saturated rings. The van der Waals surface area contributed by atoms with E-state index in [1.54, 1.807) is 0 Å². The van der Waals surface area contributed by atoms with Crippen molar-refractivity contribution in [3.63, 3.8) is 0 Å². The van der Waals surface area contributed by atoms with Gasteiger partial charge in [-0.2, -0.15) is 0 Å². The van der Waals surface area contributed by atoms with Crippen molar-refractivity contribution in [2.24, 2.45) is 5.92 Å². The predicted octanol–water partition coefficient (Wildman–Crippen LogP) is 16.4. The molecule has 0 N–H and O–H groups in total. The van der Waals surface area contributed by atoms with Gasteiger partial charge in [-0.15, -0.1) is 0 Å². The van der Waals surface area contributed by atoms with Crippen molar-refractivity contribution in [2.75, 3.05) is 98.2 Å². The molecule has 7 heteroatoms. The Morgan fingerprint density at radius 2 is 0.897 bits per heavy atom. The Labute approximate surface area is 427 Å². The summed E-state index contributed by atoms with van der Waals surface area (Å²) < 4.78 is 6.07. The first-order chi connectivity index (χ1) is 32.9. The van der Waals surface area contributed by atoms with Gasteiger partial charge in [0.15, 0.2) is 0 Å². The van der Waals surface area contributed by atoms with Crippen molar-refractivity contribution in [3.05, 3.63) is 24.0 Å². The highest BCUT2D eigenvalue weighted by molar-refractivity contribution is 5.78. The van der Waals surface area contributed by atoms with E-state index in [0.29, 0.717) is 25.0 Å². The van der Waals surface area contributed by atoms with Gasteiger partial charge in [0.1, 0.15) is 6.61 Å². The van der Waals surface area contributed by atoms with Gasteiger partial charge in [0.25, 0.3) is 0 Å². The average molecular weight is 959 g/mol. The average Bonchev–Trinajstić information content (AvgIpc) is 3.33. The molecule has 0 aliphatic carbocycles. The second-order valence-corrected chi connectivity index (χ2v) is 21.1. The summed E-state index contributed by atoms with van der Waals surface area (Å²) in [6.45, 7) is 31.4. The van der Waals surface area contributed by atoms with Gasteiger partial charge in [0, 0.05) is 52.2 Å². The molecule has 1 aliphatic heterocycles. The van der Waals surface area contributed by atoms with E-state index in [1.807, 2.05) is 0 Å². The lowest BCUT2D eigenvalue weighted by Crippen LogP contribution is -2.52. The molecule has 0 radical (unpaired) electrons. The minimum atomic E-state index is 0. The molecule has 0 spiro atoms. The number of unbranched alkanes of at least 4 members (excludes halogenated alkanes) is 24. The van der Waals surface area contributed by atoms with Crippen LogP contribution in [0.15, 0.2) is 24.0 Å². The molecule has 0 aromatic rings. The molecule has 0 bridgehead atoms. The maximum atomic E-state index is 14.0. The van der Waals surface area contributed by atoms with Gasteiger partial charge in [-0.1, -0.05) is 215 Å². The highest BCUT2D eigenvalue weighted by atomic mass is 16.5. The van der Waals surface area contributed by atoms with Gasteiger partial charge >= 0.3 is 0 Å². The highest BCUT2D eigenvalue weighted by Crippen LogP contribution is 2.16. The monoisotopic (exact) mass is 958 g/mol. The molecule has 404 valence electrons. The Morgan fingerprint density at radius 1 is 0.500 bits per heavy atom. The second-order valence-electron chi connectivity index (χ2n) is 21.1. The van der Waals surface area contributed by atoms with E-state index in [0.717, 1.165) is 83.9 Å². The van der Waals surface area contributed by atoms with Crippen LogP contribution in [-0.4, -0.2) is 129 Å². The minimum absolute atomic E-state index is 0. The first-order valence-electron chi connectivity index (χ1n) is 30.0. The van der Waals surface area contributed by atoms with Crippen LogP contribution in [0.25, 0.3) is 0 Å². The number of rotatable bonds is 50. The van der Waals surface area contributed by atoms with E-state index in [-0.39, 0.29) is 7.43 Å². The lowest BCUT2D eigenvalue weighted by Gasteiger charge is -2.37. The van der Waals surface area contributed by atoms with Crippen LogP contribution in [0.2, 0.25) is 0 Å². The molecule has 7 nitrogen and oxygen atoms in total. The number of carbonyl (C=O) groups excluding carboxylic acids is 1. The lowest BCUT2D eigenvalue weighted by atomic mass is 10.1. The van der Waals surface area contributed by atoms with Crippen molar-refractivity contribution in [2.45, 2.75) is 261 Å². The van der Waals surface area contributed by atoms with Crippen LogP contribution < -0.4 is 0 Å². The number of nitrogens with zero attached hydrogens (tertiary/aromatic N) is 5. The first kappa shape index (κ1) is 66.6. The van der Waals surface area contributed by atoms with Crippen LogP contribution in [0.3, 0.4) is 0 Å². The fourth-order valence-corrected chi connectivity index (χ4v) is 9.97. The molecule has 1 rings (SSSR count). The minimum Gasteiger partial charge on any atom is -0.494 e. The zero-order valence-electron chi connectivity index (χ0n) is 46.6. The van der Waals surface area contributed by atoms with Crippen molar-refractivity contribution in [1.82, 2.24) is 24.5 Å². The Bertz CT molecular complexity index is 1090. The summed E-state index contributed by atoms with van der Waals surface area (Å²) in [5.74, 6) is 2.16.